The Labute approximate surface area is 114 Å². The van der Waals surface area contributed by atoms with Crippen molar-refractivity contribution in [2.24, 2.45) is 5.92 Å². The fourth-order valence-electron chi connectivity index (χ4n) is 2.96. The first-order valence-corrected chi connectivity index (χ1v) is 6.98. The molecule has 0 amide bonds. The number of rotatable bonds is 4. The molecule has 0 aromatic heterocycles. The van der Waals surface area contributed by atoms with Gasteiger partial charge in [0.05, 0.1) is 6.61 Å². The third kappa shape index (κ3) is 2.69. The van der Waals surface area contributed by atoms with Crippen LogP contribution in [-0.2, 0) is 17.8 Å². The van der Waals surface area contributed by atoms with Crippen molar-refractivity contribution >= 4 is 0 Å². The molecule has 1 N–H and O–H groups in total. The normalized spacial score (nSPS) is 18.8. The van der Waals surface area contributed by atoms with Crippen LogP contribution >= 0.6 is 0 Å². The maximum Gasteiger partial charge on any atom is 0.231 e. The van der Waals surface area contributed by atoms with Gasteiger partial charge in [0.25, 0.3) is 0 Å². The molecule has 0 atom stereocenters. The summed E-state index contributed by atoms with van der Waals surface area (Å²) in [5.74, 6) is 2.49. The molecule has 3 rings (SSSR count). The van der Waals surface area contributed by atoms with E-state index in [2.05, 4.69) is 11.4 Å². The fraction of sp³-hybridized carbons (Fsp3) is 0.600. The zero-order chi connectivity index (χ0) is 13.1. The summed E-state index contributed by atoms with van der Waals surface area (Å²) < 4.78 is 16.4. The molecule has 0 spiro atoms. The summed E-state index contributed by atoms with van der Waals surface area (Å²) in [6.45, 7) is 3.18. The van der Waals surface area contributed by atoms with E-state index in [1.54, 1.807) is 7.11 Å². The fourth-order valence-corrected chi connectivity index (χ4v) is 2.96. The van der Waals surface area contributed by atoms with Gasteiger partial charge in [-0.05, 0) is 49.9 Å². The van der Waals surface area contributed by atoms with Crippen molar-refractivity contribution in [1.82, 2.24) is 5.32 Å². The number of hydrogen-bond donors (Lipinski definition) is 1. The molecule has 0 aliphatic carbocycles. The first-order valence-electron chi connectivity index (χ1n) is 6.98. The Morgan fingerprint density at radius 1 is 1.26 bits per heavy atom. The molecular weight excluding hydrogens is 242 g/mol. The van der Waals surface area contributed by atoms with E-state index in [4.69, 9.17) is 14.2 Å². The second-order valence-corrected chi connectivity index (χ2v) is 5.27. The standard InChI is InChI=1S/C15H21NO3/c1-17-9-13-12(8-11-4-6-16-7-5-11)2-3-14-15(13)19-10-18-14/h2-3,11,16H,4-10H2,1H3. The molecule has 0 unspecified atom stereocenters. The summed E-state index contributed by atoms with van der Waals surface area (Å²) >= 11 is 0. The maximum absolute atomic E-state index is 5.60. The minimum absolute atomic E-state index is 0.322. The van der Waals surface area contributed by atoms with Crippen LogP contribution in [0.3, 0.4) is 0 Å². The molecule has 1 fully saturated rings. The minimum Gasteiger partial charge on any atom is -0.454 e. The minimum atomic E-state index is 0.322. The van der Waals surface area contributed by atoms with E-state index < -0.39 is 0 Å². The van der Waals surface area contributed by atoms with Gasteiger partial charge in [-0.15, -0.1) is 0 Å². The summed E-state index contributed by atoms with van der Waals surface area (Å²) in [6.07, 6.45) is 3.61. The topological polar surface area (TPSA) is 39.7 Å². The van der Waals surface area contributed by atoms with Crippen molar-refractivity contribution < 1.29 is 14.2 Å². The Kier molecular flexibility index (Phi) is 3.89. The van der Waals surface area contributed by atoms with Gasteiger partial charge in [0.1, 0.15) is 0 Å². The number of ether oxygens (including phenoxy) is 3. The smallest absolute Gasteiger partial charge is 0.231 e. The van der Waals surface area contributed by atoms with Gasteiger partial charge < -0.3 is 19.5 Å². The van der Waals surface area contributed by atoms with Gasteiger partial charge in [-0.25, -0.2) is 0 Å². The molecule has 1 aromatic carbocycles. The van der Waals surface area contributed by atoms with E-state index >= 15 is 0 Å². The van der Waals surface area contributed by atoms with Gasteiger partial charge in [-0.3, -0.25) is 0 Å². The first kappa shape index (κ1) is 12.8. The van der Waals surface area contributed by atoms with E-state index in [9.17, 15) is 0 Å². The maximum atomic E-state index is 5.60. The van der Waals surface area contributed by atoms with Crippen LogP contribution in [0.2, 0.25) is 0 Å². The molecule has 2 aliphatic rings. The number of benzene rings is 1. The molecular formula is C15H21NO3. The lowest BCUT2D eigenvalue weighted by Crippen LogP contribution is -2.28. The summed E-state index contributed by atoms with van der Waals surface area (Å²) in [6, 6.07) is 4.20. The van der Waals surface area contributed by atoms with Crippen molar-refractivity contribution in [3.8, 4) is 11.5 Å². The summed E-state index contributed by atoms with van der Waals surface area (Å²) in [5, 5.41) is 3.41. The molecule has 0 radical (unpaired) electrons. The highest BCUT2D eigenvalue weighted by atomic mass is 16.7. The quantitative estimate of drug-likeness (QED) is 0.903. The second-order valence-electron chi connectivity index (χ2n) is 5.27. The number of fused-ring (bicyclic) bond motifs is 1. The lowest BCUT2D eigenvalue weighted by molar-refractivity contribution is 0.162. The number of piperidine rings is 1. The van der Waals surface area contributed by atoms with Crippen molar-refractivity contribution in [3.63, 3.8) is 0 Å². The molecule has 4 heteroatoms. The highest BCUT2D eigenvalue weighted by Crippen LogP contribution is 2.39. The Balaban J connectivity index is 1.83. The van der Waals surface area contributed by atoms with E-state index in [0.29, 0.717) is 13.4 Å². The largest absolute Gasteiger partial charge is 0.454 e. The van der Waals surface area contributed by atoms with Crippen LogP contribution in [-0.4, -0.2) is 27.0 Å². The molecule has 19 heavy (non-hydrogen) atoms. The second kappa shape index (κ2) is 5.80. The van der Waals surface area contributed by atoms with Gasteiger partial charge in [0.2, 0.25) is 6.79 Å². The Morgan fingerprint density at radius 2 is 2.11 bits per heavy atom. The number of hydrogen-bond acceptors (Lipinski definition) is 4. The highest BCUT2D eigenvalue weighted by Gasteiger charge is 2.22. The highest BCUT2D eigenvalue weighted by molar-refractivity contribution is 5.52. The van der Waals surface area contributed by atoms with Crippen LogP contribution in [0.25, 0.3) is 0 Å². The Hall–Kier alpha value is -1.26. The van der Waals surface area contributed by atoms with Crippen LogP contribution in [0.5, 0.6) is 11.5 Å². The molecule has 1 aromatic rings. The van der Waals surface area contributed by atoms with Crippen molar-refractivity contribution in [2.45, 2.75) is 25.9 Å². The molecule has 1 saturated heterocycles. The van der Waals surface area contributed by atoms with E-state index in [1.165, 1.54) is 18.4 Å². The van der Waals surface area contributed by atoms with Gasteiger partial charge >= 0.3 is 0 Å². The van der Waals surface area contributed by atoms with Crippen LogP contribution < -0.4 is 14.8 Å². The number of nitrogens with one attached hydrogen (secondary N) is 1. The summed E-state index contributed by atoms with van der Waals surface area (Å²) in [5.41, 5.74) is 2.51. The van der Waals surface area contributed by atoms with Gasteiger partial charge in [-0.1, -0.05) is 6.07 Å². The Morgan fingerprint density at radius 3 is 2.89 bits per heavy atom. The summed E-state index contributed by atoms with van der Waals surface area (Å²) in [7, 11) is 1.73. The van der Waals surface area contributed by atoms with E-state index in [0.717, 1.165) is 42.5 Å². The summed E-state index contributed by atoms with van der Waals surface area (Å²) in [4.78, 5) is 0. The average Bonchev–Trinajstić information content (AvgIpc) is 2.91. The van der Waals surface area contributed by atoms with Crippen molar-refractivity contribution in [2.75, 3.05) is 27.0 Å². The van der Waals surface area contributed by atoms with Gasteiger partial charge in [0.15, 0.2) is 11.5 Å². The van der Waals surface area contributed by atoms with Gasteiger partial charge in [0, 0.05) is 12.7 Å². The Bertz CT molecular complexity index is 441. The van der Waals surface area contributed by atoms with Crippen LogP contribution in [0.1, 0.15) is 24.0 Å². The van der Waals surface area contributed by atoms with Crippen LogP contribution in [0.4, 0.5) is 0 Å². The zero-order valence-corrected chi connectivity index (χ0v) is 11.4. The predicted octanol–water partition coefficient (Wildman–Crippen LogP) is 2.10. The van der Waals surface area contributed by atoms with Crippen molar-refractivity contribution in [3.05, 3.63) is 23.3 Å². The van der Waals surface area contributed by atoms with E-state index in [-0.39, 0.29) is 0 Å². The van der Waals surface area contributed by atoms with E-state index in [1.807, 2.05) is 6.07 Å². The van der Waals surface area contributed by atoms with Crippen molar-refractivity contribution in [1.29, 1.82) is 0 Å². The first-order chi connectivity index (χ1) is 9.38. The van der Waals surface area contributed by atoms with Crippen LogP contribution in [0, 0.1) is 5.92 Å². The monoisotopic (exact) mass is 263 g/mol. The third-order valence-corrected chi connectivity index (χ3v) is 4.00. The van der Waals surface area contributed by atoms with Gasteiger partial charge in [-0.2, -0.15) is 0 Å². The third-order valence-electron chi connectivity index (χ3n) is 4.00. The zero-order valence-electron chi connectivity index (χ0n) is 11.4. The van der Waals surface area contributed by atoms with Crippen LogP contribution in [0.15, 0.2) is 12.1 Å². The lowest BCUT2D eigenvalue weighted by Gasteiger charge is -2.23. The predicted molar refractivity (Wildman–Crippen MR) is 72.6 cm³/mol. The molecule has 104 valence electrons. The molecule has 0 saturated carbocycles. The number of methoxy groups -OCH3 is 1. The molecule has 2 heterocycles. The molecule has 4 nitrogen and oxygen atoms in total. The molecule has 0 bridgehead atoms. The SMILES string of the molecule is COCc1c(CC2CCNCC2)ccc2c1OCO2. The average molecular weight is 263 g/mol. The lowest BCUT2D eigenvalue weighted by atomic mass is 9.89. The molecule has 2 aliphatic heterocycles.